The summed E-state index contributed by atoms with van der Waals surface area (Å²) >= 11 is 0. The molecule has 1 heterocycles. The predicted octanol–water partition coefficient (Wildman–Crippen LogP) is 2.31. The smallest absolute Gasteiger partial charge is 0.0386 e. The standard InChI is InChI=1S/C14H20N2/c1-11-6-3-4-8-14(11)12(2)16-13-7-5-9-15-10-13/h3-4,6,8,13,15-16H,2,5,7,9-10H2,1H3. The molecule has 0 spiro atoms. The summed E-state index contributed by atoms with van der Waals surface area (Å²) in [7, 11) is 0. The number of nitrogens with one attached hydrogen (secondary N) is 2. The van der Waals surface area contributed by atoms with Crippen LogP contribution in [0.3, 0.4) is 0 Å². The molecule has 0 aliphatic carbocycles. The van der Waals surface area contributed by atoms with Crippen molar-refractivity contribution < 1.29 is 0 Å². The molecule has 0 aromatic heterocycles. The van der Waals surface area contributed by atoms with E-state index in [9.17, 15) is 0 Å². The van der Waals surface area contributed by atoms with E-state index in [2.05, 4.69) is 48.4 Å². The number of rotatable bonds is 3. The molecular weight excluding hydrogens is 196 g/mol. The first-order valence-corrected chi connectivity index (χ1v) is 5.99. The van der Waals surface area contributed by atoms with Gasteiger partial charge >= 0.3 is 0 Å². The van der Waals surface area contributed by atoms with Crippen LogP contribution in [-0.2, 0) is 0 Å². The maximum absolute atomic E-state index is 4.14. The second kappa shape index (κ2) is 5.17. The molecule has 1 atom stereocenters. The highest BCUT2D eigenvalue weighted by Gasteiger charge is 2.13. The molecule has 16 heavy (non-hydrogen) atoms. The van der Waals surface area contributed by atoms with Crippen LogP contribution in [0.15, 0.2) is 30.8 Å². The first-order valence-electron chi connectivity index (χ1n) is 5.99. The minimum atomic E-state index is 0.529. The van der Waals surface area contributed by atoms with Crippen molar-refractivity contribution in [1.82, 2.24) is 10.6 Å². The Kier molecular flexibility index (Phi) is 3.62. The van der Waals surface area contributed by atoms with Gasteiger partial charge in [-0.1, -0.05) is 30.8 Å². The molecule has 2 N–H and O–H groups in total. The number of hydrogen-bond acceptors (Lipinski definition) is 2. The lowest BCUT2D eigenvalue weighted by Gasteiger charge is -2.26. The van der Waals surface area contributed by atoms with E-state index >= 15 is 0 Å². The first kappa shape index (κ1) is 11.2. The van der Waals surface area contributed by atoms with Gasteiger partial charge in [-0.3, -0.25) is 0 Å². The van der Waals surface area contributed by atoms with Crippen molar-refractivity contribution in [3.05, 3.63) is 42.0 Å². The van der Waals surface area contributed by atoms with Crippen LogP contribution in [0.25, 0.3) is 5.70 Å². The Bertz CT molecular complexity index is 365. The van der Waals surface area contributed by atoms with Crippen molar-refractivity contribution >= 4 is 5.70 Å². The Morgan fingerprint density at radius 1 is 1.44 bits per heavy atom. The summed E-state index contributed by atoms with van der Waals surface area (Å²) in [5, 5.41) is 6.92. The molecule has 1 aliphatic heterocycles. The van der Waals surface area contributed by atoms with Gasteiger partial charge in [-0.05, 0) is 37.4 Å². The van der Waals surface area contributed by atoms with E-state index in [1.54, 1.807) is 0 Å². The van der Waals surface area contributed by atoms with E-state index in [0.29, 0.717) is 6.04 Å². The van der Waals surface area contributed by atoms with Crippen molar-refractivity contribution in [2.24, 2.45) is 0 Å². The first-order chi connectivity index (χ1) is 7.77. The van der Waals surface area contributed by atoms with Crippen LogP contribution in [0.2, 0.25) is 0 Å². The molecule has 1 saturated heterocycles. The van der Waals surface area contributed by atoms with Crippen LogP contribution in [0, 0.1) is 6.92 Å². The molecule has 2 nitrogen and oxygen atoms in total. The minimum absolute atomic E-state index is 0.529. The molecule has 1 aliphatic rings. The minimum Gasteiger partial charge on any atom is -0.381 e. The summed E-state index contributed by atoms with van der Waals surface area (Å²) in [5.41, 5.74) is 3.56. The van der Waals surface area contributed by atoms with Gasteiger partial charge in [-0.25, -0.2) is 0 Å². The van der Waals surface area contributed by atoms with Crippen LogP contribution in [-0.4, -0.2) is 19.1 Å². The van der Waals surface area contributed by atoms with Crippen molar-refractivity contribution in [2.45, 2.75) is 25.8 Å². The highest BCUT2D eigenvalue weighted by Crippen LogP contribution is 2.16. The van der Waals surface area contributed by atoms with Crippen LogP contribution < -0.4 is 10.6 Å². The molecule has 0 amide bonds. The van der Waals surface area contributed by atoms with Crippen molar-refractivity contribution in [2.75, 3.05) is 13.1 Å². The fraction of sp³-hybridized carbons (Fsp3) is 0.429. The van der Waals surface area contributed by atoms with E-state index in [-0.39, 0.29) is 0 Å². The zero-order chi connectivity index (χ0) is 11.4. The van der Waals surface area contributed by atoms with Gasteiger partial charge < -0.3 is 10.6 Å². The third-order valence-electron chi connectivity index (χ3n) is 3.15. The maximum atomic E-state index is 4.14. The third kappa shape index (κ3) is 2.64. The number of aryl methyl sites for hydroxylation is 1. The fourth-order valence-corrected chi connectivity index (χ4v) is 2.21. The third-order valence-corrected chi connectivity index (χ3v) is 3.15. The second-order valence-corrected chi connectivity index (χ2v) is 4.48. The Balaban J connectivity index is 2.00. The number of hydrogen-bond donors (Lipinski definition) is 2. The van der Waals surface area contributed by atoms with E-state index in [4.69, 9.17) is 0 Å². The molecule has 0 radical (unpaired) electrons. The van der Waals surface area contributed by atoms with Gasteiger partial charge in [0.25, 0.3) is 0 Å². The number of piperidine rings is 1. The molecule has 1 unspecified atom stereocenters. The van der Waals surface area contributed by atoms with Gasteiger partial charge in [-0.15, -0.1) is 0 Å². The van der Waals surface area contributed by atoms with Gasteiger partial charge in [0.1, 0.15) is 0 Å². The topological polar surface area (TPSA) is 24.1 Å². The van der Waals surface area contributed by atoms with E-state index in [1.165, 1.54) is 24.0 Å². The van der Waals surface area contributed by atoms with Gasteiger partial charge in [0.2, 0.25) is 0 Å². The molecule has 2 heteroatoms. The van der Waals surface area contributed by atoms with E-state index < -0.39 is 0 Å². The average molecular weight is 216 g/mol. The molecule has 1 aromatic carbocycles. The SMILES string of the molecule is C=C(NC1CCCNC1)c1ccccc1C. The van der Waals surface area contributed by atoms with Crippen molar-refractivity contribution in [3.63, 3.8) is 0 Å². The summed E-state index contributed by atoms with van der Waals surface area (Å²) in [5.74, 6) is 0. The maximum Gasteiger partial charge on any atom is 0.0386 e. The lowest BCUT2D eigenvalue weighted by Crippen LogP contribution is -2.42. The quantitative estimate of drug-likeness (QED) is 0.810. The monoisotopic (exact) mass is 216 g/mol. The summed E-state index contributed by atoms with van der Waals surface area (Å²) in [6.45, 7) is 8.46. The normalized spacial score (nSPS) is 20.4. The molecule has 1 aromatic rings. The summed E-state index contributed by atoms with van der Waals surface area (Å²) in [4.78, 5) is 0. The number of benzene rings is 1. The predicted molar refractivity (Wildman–Crippen MR) is 69.2 cm³/mol. The highest BCUT2D eigenvalue weighted by atomic mass is 15.0. The molecule has 2 rings (SSSR count). The lowest BCUT2D eigenvalue weighted by atomic mass is 10.0. The fourth-order valence-electron chi connectivity index (χ4n) is 2.21. The Morgan fingerprint density at radius 2 is 2.25 bits per heavy atom. The van der Waals surface area contributed by atoms with E-state index in [1.807, 2.05) is 0 Å². The van der Waals surface area contributed by atoms with Gasteiger partial charge in [0.15, 0.2) is 0 Å². The van der Waals surface area contributed by atoms with Crippen LogP contribution >= 0.6 is 0 Å². The van der Waals surface area contributed by atoms with Gasteiger partial charge in [0.05, 0.1) is 0 Å². The van der Waals surface area contributed by atoms with E-state index in [0.717, 1.165) is 18.8 Å². The zero-order valence-electron chi connectivity index (χ0n) is 9.92. The molecule has 0 saturated carbocycles. The Morgan fingerprint density at radius 3 is 2.94 bits per heavy atom. The summed E-state index contributed by atoms with van der Waals surface area (Å²) < 4.78 is 0. The molecule has 86 valence electrons. The van der Waals surface area contributed by atoms with Crippen LogP contribution in [0.5, 0.6) is 0 Å². The summed E-state index contributed by atoms with van der Waals surface area (Å²) in [6, 6.07) is 8.91. The largest absolute Gasteiger partial charge is 0.381 e. The highest BCUT2D eigenvalue weighted by molar-refractivity contribution is 5.64. The molecular formula is C14H20N2. The van der Waals surface area contributed by atoms with Crippen molar-refractivity contribution in [3.8, 4) is 0 Å². The second-order valence-electron chi connectivity index (χ2n) is 4.48. The summed E-state index contributed by atoms with van der Waals surface area (Å²) in [6.07, 6.45) is 2.48. The molecule has 1 fully saturated rings. The van der Waals surface area contributed by atoms with Crippen molar-refractivity contribution in [1.29, 1.82) is 0 Å². The van der Waals surface area contributed by atoms with Gasteiger partial charge in [-0.2, -0.15) is 0 Å². The van der Waals surface area contributed by atoms with Gasteiger partial charge in [0, 0.05) is 18.3 Å². The lowest BCUT2D eigenvalue weighted by molar-refractivity contribution is 0.427. The Hall–Kier alpha value is -1.28. The van der Waals surface area contributed by atoms with Crippen LogP contribution in [0.4, 0.5) is 0 Å². The zero-order valence-corrected chi connectivity index (χ0v) is 9.92. The molecule has 0 bridgehead atoms. The van der Waals surface area contributed by atoms with Crippen LogP contribution in [0.1, 0.15) is 24.0 Å². The Labute approximate surface area is 97.8 Å². The average Bonchev–Trinajstić information content (AvgIpc) is 2.31.